The van der Waals surface area contributed by atoms with Gasteiger partial charge in [-0.05, 0) is 42.8 Å². The highest BCUT2D eigenvalue weighted by atomic mass is 35.5. The van der Waals surface area contributed by atoms with Crippen LogP contribution in [0, 0.1) is 12.7 Å². The molecule has 0 bridgehead atoms. The summed E-state index contributed by atoms with van der Waals surface area (Å²) >= 11 is 5.77. The van der Waals surface area contributed by atoms with Gasteiger partial charge in [-0.25, -0.2) is 12.8 Å². The van der Waals surface area contributed by atoms with Gasteiger partial charge < -0.3 is 5.73 Å². The monoisotopic (exact) mass is 314 g/mol. The van der Waals surface area contributed by atoms with Gasteiger partial charge in [0.2, 0.25) is 0 Å². The number of halogens is 2. The van der Waals surface area contributed by atoms with Gasteiger partial charge in [-0.1, -0.05) is 17.7 Å². The highest BCUT2D eigenvalue weighted by molar-refractivity contribution is 7.92. The van der Waals surface area contributed by atoms with E-state index >= 15 is 0 Å². The van der Waals surface area contributed by atoms with Crippen LogP contribution < -0.4 is 10.5 Å². The molecule has 4 nitrogen and oxygen atoms in total. The van der Waals surface area contributed by atoms with Crippen molar-refractivity contribution in [3.8, 4) is 0 Å². The van der Waals surface area contributed by atoms with Crippen molar-refractivity contribution in [1.29, 1.82) is 0 Å². The minimum atomic E-state index is -3.93. The van der Waals surface area contributed by atoms with E-state index in [0.29, 0.717) is 5.56 Å². The van der Waals surface area contributed by atoms with Crippen LogP contribution in [-0.2, 0) is 10.0 Å². The smallest absolute Gasteiger partial charge is 0.264 e. The van der Waals surface area contributed by atoms with E-state index in [1.807, 2.05) is 0 Å². The molecular formula is C13H12ClFN2O2S. The third-order valence-corrected chi connectivity index (χ3v) is 4.37. The Morgan fingerprint density at radius 2 is 1.90 bits per heavy atom. The van der Waals surface area contributed by atoms with Gasteiger partial charge in [-0.3, -0.25) is 4.72 Å². The molecule has 3 N–H and O–H groups in total. The molecule has 2 aromatic rings. The van der Waals surface area contributed by atoms with Crippen LogP contribution in [0.4, 0.5) is 15.8 Å². The van der Waals surface area contributed by atoms with Gasteiger partial charge in [0.1, 0.15) is 10.7 Å². The van der Waals surface area contributed by atoms with Gasteiger partial charge in [0.25, 0.3) is 10.0 Å². The predicted molar refractivity (Wildman–Crippen MR) is 77.8 cm³/mol. The second-order valence-electron chi connectivity index (χ2n) is 4.25. The molecule has 0 heterocycles. The molecule has 0 saturated heterocycles. The zero-order chi connectivity index (χ0) is 14.9. The Kier molecular flexibility index (Phi) is 3.87. The Hall–Kier alpha value is -1.79. The fourth-order valence-corrected chi connectivity index (χ4v) is 3.16. The van der Waals surface area contributed by atoms with Crippen molar-refractivity contribution < 1.29 is 12.8 Å². The van der Waals surface area contributed by atoms with E-state index in [2.05, 4.69) is 4.72 Å². The summed E-state index contributed by atoms with van der Waals surface area (Å²) in [6.07, 6.45) is 0. The highest BCUT2D eigenvalue weighted by Crippen LogP contribution is 2.26. The molecule has 0 aliphatic carbocycles. The number of rotatable bonds is 3. The molecule has 20 heavy (non-hydrogen) atoms. The maximum absolute atomic E-state index is 13.2. The zero-order valence-electron chi connectivity index (χ0n) is 10.5. The van der Waals surface area contributed by atoms with Crippen LogP contribution in [0.2, 0.25) is 5.02 Å². The van der Waals surface area contributed by atoms with Crippen LogP contribution >= 0.6 is 11.6 Å². The average Bonchev–Trinajstić information content (AvgIpc) is 2.36. The summed E-state index contributed by atoms with van der Waals surface area (Å²) in [5, 5.41) is 0.246. The van der Waals surface area contributed by atoms with E-state index in [4.69, 9.17) is 17.3 Å². The maximum Gasteiger partial charge on any atom is 0.264 e. The molecular weight excluding hydrogens is 303 g/mol. The number of nitrogens with one attached hydrogen (secondary N) is 1. The summed E-state index contributed by atoms with van der Waals surface area (Å²) in [4.78, 5) is -0.145. The predicted octanol–water partition coefficient (Wildman–Crippen LogP) is 3.17. The fourth-order valence-electron chi connectivity index (χ4n) is 1.64. The van der Waals surface area contributed by atoms with E-state index in [-0.39, 0.29) is 21.3 Å². The number of hydrogen-bond acceptors (Lipinski definition) is 3. The number of hydrogen-bond donors (Lipinski definition) is 2. The molecule has 0 fully saturated rings. The molecule has 0 saturated carbocycles. The summed E-state index contributed by atoms with van der Waals surface area (Å²) < 4.78 is 40.0. The summed E-state index contributed by atoms with van der Waals surface area (Å²) in [6, 6.07) is 7.97. The van der Waals surface area contributed by atoms with Crippen molar-refractivity contribution in [2.24, 2.45) is 0 Å². The van der Waals surface area contributed by atoms with Crippen LogP contribution in [0.5, 0.6) is 0 Å². The van der Waals surface area contributed by atoms with E-state index < -0.39 is 15.8 Å². The van der Waals surface area contributed by atoms with Gasteiger partial charge in [0.05, 0.1) is 11.4 Å². The first-order chi connectivity index (χ1) is 9.29. The summed E-state index contributed by atoms with van der Waals surface area (Å²) in [5.74, 6) is -0.535. The number of aryl methyl sites for hydroxylation is 1. The summed E-state index contributed by atoms with van der Waals surface area (Å²) in [7, 11) is -3.93. The molecule has 2 aromatic carbocycles. The van der Waals surface area contributed by atoms with Crippen molar-refractivity contribution in [3.63, 3.8) is 0 Å². The Morgan fingerprint density at radius 3 is 2.60 bits per heavy atom. The SMILES string of the molecule is Cc1ccc(F)cc1NS(=O)(=O)c1cc(Cl)ccc1N. The maximum atomic E-state index is 13.2. The van der Waals surface area contributed by atoms with Crippen molar-refractivity contribution in [2.45, 2.75) is 11.8 Å². The van der Waals surface area contributed by atoms with E-state index in [1.54, 1.807) is 6.92 Å². The van der Waals surface area contributed by atoms with Crippen LogP contribution in [0.15, 0.2) is 41.3 Å². The molecule has 0 unspecified atom stereocenters. The first-order valence-electron chi connectivity index (χ1n) is 5.63. The number of nitrogen functional groups attached to an aromatic ring is 1. The summed E-state index contributed by atoms with van der Waals surface area (Å²) in [5.41, 5.74) is 6.46. The van der Waals surface area contributed by atoms with Crippen molar-refractivity contribution in [1.82, 2.24) is 0 Å². The largest absolute Gasteiger partial charge is 0.398 e. The second kappa shape index (κ2) is 5.30. The molecule has 0 amide bonds. The van der Waals surface area contributed by atoms with Crippen LogP contribution in [0.3, 0.4) is 0 Å². The molecule has 0 radical (unpaired) electrons. The number of anilines is 2. The van der Waals surface area contributed by atoms with Crippen molar-refractivity contribution >= 4 is 33.0 Å². The topological polar surface area (TPSA) is 72.2 Å². The Balaban J connectivity index is 2.46. The lowest BCUT2D eigenvalue weighted by atomic mass is 10.2. The van der Waals surface area contributed by atoms with Crippen molar-refractivity contribution in [2.75, 3.05) is 10.5 Å². The van der Waals surface area contributed by atoms with Crippen LogP contribution in [0.25, 0.3) is 0 Å². The van der Waals surface area contributed by atoms with Crippen LogP contribution in [0.1, 0.15) is 5.56 Å². The Labute approximate surface area is 121 Å². The number of benzene rings is 2. The lowest BCUT2D eigenvalue weighted by molar-refractivity contribution is 0.601. The second-order valence-corrected chi connectivity index (χ2v) is 6.33. The van der Waals surface area contributed by atoms with E-state index in [0.717, 1.165) is 6.07 Å². The molecule has 106 valence electrons. The third kappa shape index (κ3) is 3.02. The molecule has 0 spiro atoms. The molecule has 2 rings (SSSR count). The minimum absolute atomic E-state index is 0.0657. The lowest BCUT2D eigenvalue weighted by Gasteiger charge is -2.12. The molecule has 0 aromatic heterocycles. The Bertz CT molecular complexity index is 763. The number of nitrogens with two attached hydrogens (primary N) is 1. The number of sulfonamides is 1. The van der Waals surface area contributed by atoms with Gasteiger partial charge in [0.15, 0.2) is 0 Å². The minimum Gasteiger partial charge on any atom is -0.398 e. The summed E-state index contributed by atoms with van der Waals surface area (Å²) in [6.45, 7) is 1.67. The lowest BCUT2D eigenvalue weighted by Crippen LogP contribution is -2.15. The average molecular weight is 315 g/mol. The molecule has 7 heteroatoms. The standard InChI is InChI=1S/C13H12ClFN2O2S/c1-8-2-4-10(15)7-12(8)17-20(18,19)13-6-9(14)3-5-11(13)16/h2-7,17H,16H2,1H3. The van der Waals surface area contributed by atoms with E-state index in [9.17, 15) is 12.8 Å². The van der Waals surface area contributed by atoms with Crippen LogP contribution in [-0.4, -0.2) is 8.42 Å². The zero-order valence-corrected chi connectivity index (χ0v) is 12.1. The fraction of sp³-hybridized carbons (Fsp3) is 0.0769. The van der Waals surface area contributed by atoms with E-state index in [1.165, 1.54) is 30.3 Å². The highest BCUT2D eigenvalue weighted by Gasteiger charge is 2.19. The van der Waals surface area contributed by atoms with Crippen molar-refractivity contribution in [3.05, 3.63) is 52.8 Å². The molecule has 0 aliphatic rings. The quantitative estimate of drug-likeness (QED) is 0.855. The van der Waals surface area contributed by atoms with Gasteiger partial charge >= 0.3 is 0 Å². The Morgan fingerprint density at radius 1 is 1.20 bits per heavy atom. The van der Waals surface area contributed by atoms with Gasteiger partial charge in [-0.2, -0.15) is 0 Å². The normalized spacial score (nSPS) is 11.3. The molecule has 0 aliphatic heterocycles. The van der Waals surface area contributed by atoms with Gasteiger partial charge in [-0.15, -0.1) is 0 Å². The third-order valence-electron chi connectivity index (χ3n) is 2.71. The molecule has 0 atom stereocenters. The first kappa shape index (κ1) is 14.6. The van der Waals surface area contributed by atoms with Gasteiger partial charge in [0, 0.05) is 5.02 Å². The first-order valence-corrected chi connectivity index (χ1v) is 7.50.